The van der Waals surface area contributed by atoms with Crippen molar-refractivity contribution >= 4 is 11.6 Å². The molecular weight excluding hydrogens is 260 g/mol. The highest BCUT2D eigenvalue weighted by Gasteiger charge is 2.26. The summed E-state index contributed by atoms with van der Waals surface area (Å²) < 4.78 is 0. The minimum absolute atomic E-state index is 0.101. The molecule has 0 aliphatic carbocycles. The number of amides is 1. The largest absolute Gasteiger partial charge is 0.392 e. The van der Waals surface area contributed by atoms with Crippen molar-refractivity contribution in [3.8, 4) is 0 Å². The van der Waals surface area contributed by atoms with Crippen molar-refractivity contribution in [2.75, 3.05) is 18.8 Å². The zero-order chi connectivity index (χ0) is 14.7. The Morgan fingerprint density at radius 3 is 2.85 bits per heavy atom. The summed E-state index contributed by atoms with van der Waals surface area (Å²) in [4.78, 5) is 41.1. The van der Waals surface area contributed by atoms with E-state index in [0.29, 0.717) is 19.0 Å². The zero-order valence-corrected chi connectivity index (χ0v) is 11.6. The standard InChI is InChI=1S/C13H20N4O3/c1-2-4-8-5-3-6-17(7-8)12(19)10-9(14)11(18)16-13(20)15-10/h8H,2-7,14H2,1H3,(H2,15,16,18,20)/t8-/m0/s1. The van der Waals surface area contributed by atoms with Crippen molar-refractivity contribution in [1.29, 1.82) is 0 Å². The van der Waals surface area contributed by atoms with E-state index in [1.165, 1.54) is 0 Å². The van der Waals surface area contributed by atoms with Gasteiger partial charge >= 0.3 is 5.69 Å². The van der Waals surface area contributed by atoms with E-state index in [1.807, 2.05) is 4.98 Å². The Labute approximate surface area is 116 Å². The third kappa shape index (κ3) is 2.92. The lowest BCUT2D eigenvalue weighted by Crippen LogP contribution is -2.42. The van der Waals surface area contributed by atoms with E-state index in [0.717, 1.165) is 25.7 Å². The molecule has 1 aromatic rings. The Morgan fingerprint density at radius 1 is 1.40 bits per heavy atom. The molecule has 0 aromatic carbocycles. The highest BCUT2D eigenvalue weighted by atomic mass is 16.2. The van der Waals surface area contributed by atoms with Gasteiger partial charge in [0.25, 0.3) is 11.5 Å². The molecule has 1 atom stereocenters. The maximum absolute atomic E-state index is 12.4. The molecular formula is C13H20N4O3. The molecule has 110 valence electrons. The number of hydrogen-bond acceptors (Lipinski definition) is 4. The van der Waals surface area contributed by atoms with Crippen molar-refractivity contribution in [2.24, 2.45) is 5.92 Å². The van der Waals surface area contributed by atoms with Crippen LogP contribution in [0.1, 0.15) is 43.1 Å². The number of hydrogen-bond donors (Lipinski definition) is 3. The fourth-order valence-electron chi connectivity index (χ4n) is 2.72. The summed E-state index contributed by atoms with van der Waals surface area (Å²) in [6, 6.07) is 0. The van der Waals surface area contributed by atoms with E-state index in [1.54, 1.807) is 4.90 Å². The number of piperidine rings is 1. The van der Waals surface area contributed by atoms with Crippen molar-refractivity contribution in [1.82, 2.24) is 14.9 Å². The fourth-order valence-corrected chi connectivity index (χ4v) is 2.72. The summed E-state index contributed by atoms with van der Waals surface area (Å²) in [6.07, 6.45) is 4.20. The van der Waals surface area contributed by atoms with Crippen LogP contribution in [0.4, 0.5) is 5.69 Å². The molecule has 1 aliphatic heterocycles. The fraction of sp³-hybridized carbons (Fsp3) is 0.615. The molecule has 0 unspecified atom stereocenters. The van der Waals surface area contributed by atoms with Crippen LogP contribution in [0.2, 0.25) is 0 Å². The molecule has 7 nitrogen and oxygen atoms in total. The van der Waals surface area contributed by atoms with Gasteiger partial charge in [-0.15, -0.1) is 0 Å². The first-order chi connectivity index (χ1) is 9.52. The van der Waals surface area contributed by atoms with Crippen LogP contribution in [-0.2, 0) is 0 Å². The summed E-state index contributed by atoms with van der Waals surface area (Å²) in [5.74, 6) is 0.110. The molecule has 1 amide bonds. The molecule has 0 saturated carbocycles. The average molecular weight is 280 g/mol. The monoisotopic (exact) mass is 280 g/mol. The van der Waals surface area contributed by atoms with Crippen LogP contribution in [0.5, 0.6) is 0 Å². The van der Waals surface area contributed by atoms with Crippen LogP contribution in [0, 0.1) is 5.92 Å². The maximum Gasteiger partial charge on any atom is 0.326 e. The summed E-state index contributed by atoms with van der Waals surface area (Å²) in [7, 11) is 0. The summed E-state index contributed by atoms with van der Waals surface area (Å²) >= 11 is 0. The van der Waals surface area contributed by atoms with E-state index in [-0.39, 0.29) is 17.3 Å². The Morgan fingerprint density at radius 2 is 2.15 bits per heavy atom. The van der Waals surface area contributed by atoms with E-state index in [9.17, 15) is 14.4 Å². The second kappa shape index (κ2) is 5.94. The van der Waals surface area contributed by atoms with E-state index in [4.69, 9.17) is 5.73 Å². The zero-order valence-electron chi connectivity index (χ0n) is 11.6. The van der Waals surface area contributed by atoms with Crippen LogP contribution in [0.15, 0.2) is 9.59 Å². The van der Waals surface area contributed by atoms with Crippen molar-refractivity contribution in [3.05, 3.63) is 26.5 Å². The molecule has 1 saturated heterocycles. The predicted octanol–water partition coefficient (Wildman–Crippen LogP) is 0.298. The van der Waals surface area contributed by atoms with Gasteiger partial charge in [0.1, 0.15) is 11.4 Å². The Hall–Kier alpha value is -2.05. The SMILES string of the molecule is CCC[C@H]1CCCN(C(=O)c2[nH]c(=O)[nH]c(=O)c2N)C1. The molecule has 1 aromatic heterocycles. The summed E-state index contributed by atoms with van der Waals surface area (Å²) in [5, 5.41) is 0. The molecule has 0 spiro atoms. The highest BCUT2D eigenvalue weighted by molar-refractivity contribution is 5.96. The first kappa shape index (κ1) is 14.4. The highest BCUT2D eigenvalue weighted by Crippen LogP contribution is 2.22. The molecule has 7 heteroatoms. The van der Waals surface area contributed by atoms with Gasteiger partial charge in [-0.1, -0.05) is 13.3 Å². The lowest BCUT2D eigenvalue weighted by Gasteiger charge is -2.32. The van der Waals surface area contributed by atoms with Crippen LogP contribution in [0.25, 0.3) is 0 Å². The third-order valence-electron chi connectivity index (χ3n) is 3.70. The van der Waals surface area contributed by atoms with Gasteiger partial charge in [0.05, 0.1) is 0 Å². The number of aromatic nitrogens is 2. The molecule has 4 N–H and O–H groups in total. The lowest BCUT2D eigenvalue weighted by atomic mass is 9.93. The molecule has 1 aliphatic rings. The number of anilines is 1. The molecule has 0 bridgehead atoms. The molecule has 20 heavy (non-hydrogen) atoms. The van der Waals surface area contributed by atoms with Gasteiger partial charge in [0, 0.05) is 13.1 Å². The molecule has 0 radical (unpaired) electrons. The van der Waals surface area contributed by atoms with E-state index >= 15 is 0 Å². The van der Waals surface area contributed by atoms with Gasteiger partial charge in [0.2, 0.25) is 0 Å². The number of nitrogen functional groups attached to an aromatic ring is 1. The third-order valence-corrected chi connectivity index (χ3v) is 3.70. The number of nitrogens with one attached hydrogen (secondary N) is 2. The van der Waals surface area contributed by atoms with Gasteiger partial charge in [-0.2, -0.15) is 0 Å². The normalized spacial score (nSPS) is 19.1. The maximum atomic E-state index is 12.4. The van der Waals surface area contributed by atoms with Crippen LogP contribution in [0.3, 0.4) is 0 Å². The van der Waals surface area contributed by atoms with E-state index in [2.05, 4.69) is 11.9 Å². The smallest absolute Gasteiger partial charge is 0.326 e. The Balaban J connectivity index is 2.23. The van der Waals surface area contributed by atoms with Gasteiger partial charge in [0.15, 0.2) is 0 Å². The number of nitrogens with two attached hydrogens (primary N) is 1. The number of likely N-dealkylation sites (tertiary alicyclic amines) is 1. The van der Waals surface area contributed by atoms with Crippen molar-refractivity contribution in [3.63, 3.8) is 0 Å². The minimum atomic E-state index is -0.723. The van der Waals surface area contributed by atoms with Crippen LogP contribution in [-0.4, -0.2) is 33.9 Å². The first-order valence-corrected chi connectivity index (χ1v) is 6.94. The van der Waals surface area contributed by atoms with Gasteiger partial charge in [-0.3, -0.25) is 14.6 Å². The second-order valence-corrected chi connectivity index (χ2v) is 5.25. The Bertz CT molecular complexity index is 602. The van der Waals surface area contributed by atoms with Crippen molar-refractivity contribution < 1.29 is 4.79 Å². The topological polar surface area (TPSA) is 112 Å². The quantitative estimate of drug-likeness (QED) is 0.739. The number of nitrogens with zero attached hydrogens (tertiary/aromatic N) is 1. The summed E-state index contributed by atoms with van der Waals surface area (Å²) in [5.41, 5.74) is 3.82. The second-order valence-electron chi connectivity index (χ2n) is 5.25. The Kier molecular flexibility index (Phi) is 4.26. The number of carbonyl (C=O) groups excluding carboxylic acids is 1. The van der Waals surface area contributed by atoms with Gasteiger partial charge < -0.3 is 15.6 Å². The van der Waals surface area contributed by atoms with Crippen LogP contribution >= 0.6 is 0 Å². The number of carbonyl (C=O) groups is 1. The minimum Gasteiger partial charge on any atom is -0.392 e. The van der Waals surface area contributed by atoms with Crippen LogP contribution < -0.4 is 17.0 Å². The van der Waals surface area contributed by atoms with Crippen molar-refractivity contribution in [2.45, 2.75) is 32.6 Å². The van der Waals surface area contributed by atoms with E-state index < -0.39 is 11.2 Å². The first-order valence-electron chi connectivity index (χ1n) is 6.94. The molecule has 2 rings (SSSR count). The number of H-pyrrole nitrogens is 2. The van der Waals surface area contributed by atoms with Gasteiger partial charge in [-0.05, 0) is 25.2 Å². The molecule has 1 fully saturated rings. The van der Waals surface area contributed by atoms with Gasteiger partial charge in [-0.25, -0.2) is 4.79 Å². The lowest BCUT2D eigenvalue weighted by molar-refractivity contribution is 0.0662. The average Bonchev–Trinajstić information content (AvgIpc) is 2.43. The molecule has 2 heterocycles. The number of aromatic amines is 2. The predicted molar refractivity (Wildman–Crippen MR) is 75.6 cm³/mol. The number of rotatable bonds is 3. The summed E-state index contributed by atoms with van der Waals surface area (Å²) in [6.45, 7) is 3.40.